The lowest BCUT2D eigenvalue weighted by Crippen LogP contribution is -2.12. The Kier molecular flexibility index (Phi) is 2.74. The van der Waals surface area contributed by atoms with Gasteiger partial charge in [0.15, 0.2) is 0 Å². The summed E-state index contributed by atoms with van der Waals surface area (Å²) < 4.78 is 1.82. The number of hydrogen-bond donors (Lipinski definition) is 1. The van der Waals surface area contributed by atoms with E-state index < -0.39 is 0 Å². The van der Waals surface area contributed by atoms with Crippen molar-refractivity contribution in [3.8, 4) is 5.69 Å². The molecule has 0 saturated carbocycles. The second-order valence-corrected chi connectivity index (χ2v) is 4.00. The fourth-order valence-corrected chi connectivity index (χ4v) is 1.95. The predicted molar refractivity (Wildman–Crippen MR) is 69.4 cm³/mol. The SMILES string of the molecule is CNCc1ncnn1-c1ccc2cccnc2c1. The summed E-state index contributed by atoms with van der Waals surface area (Å²) in [6, 6.07) is 10.1. The smallest absolute Gasteiger partial charge is 0.146 e. The van der Waals surface area contributed by atoms with Crippen molar-refractivity contribution in [1.29, 1.82) is 0 Å². The van der Waals surface area contributed by atoms with Gasteiger partial charge >= 0.3 is 0 Å². The quantitative estimate of drug-likeness (QED) is 0.753. The van der Waals surface area contributed by atoms with Gasteiger partial charge in [-0.3, -0.25) is 4.98 Å². The molecule has 1 N–H and O–H groups in total. The van der Waals surface area contributed by atoms with Crippen molar-refractivity contribution in [1.82, 2.24) is 25.1 Å². The van der Waals surface area contributed by atoms with Crippen LogP contribution >= 0.6 is 0 Å². The summed E-state index contributed by atoms with van der Waals surface area (Å²) in [6.07, 6.45) is 3.36. The van der Waals surface area contributed by atoms with E-state index in [1.54, 1.807) is 12.5 Å². The average Bonchev–Trinajstić information content (AvgIpc) is 2.87. The standard InChI is InChI=1S/C13H13N5/c1-14-8-13-16-9-17-18(13)11-5-4-10-3-2-6-15-12(10)7-11/h2-7,9,14H,8H2,1H3. The van der Waals surface area contributed by atoms with Crippen LogP contribution in [-0.2, 0) is 6.54 Å². The zero-order chi connectivity index (χ0) is 12.4. The lowest BCUT2D eigenvalue weighted by Gasteiger charge is -2.06. The Morgan fingerprint density at radius 3 is 3.06 bits per heavy atom. The van der Waals surface area contributed by atoms with Crippen molar-refractivity contribution in [3.63, 3.8) is 0 Å². The molecule has 0 fully saturated rings. The number of fused-ring (bicyclic) bond motifs is 1. The third-order valence-electron chi connectivity index (χ3n) is 2.79. The zero-order valence-corrected chi connectivity index (χ0v) is 10.0. The van der Waals surface area contributed by atoms with E-state index in [2.05, 4.69) is 20.4 Å². The van der Waals surface area contributed by atoms with E-state index in [4.69, 9.17) is 0 Å². The maximum absolute atomic E-state index is 4.35. The molecule has 5 heteroatoms. The Morgan fingerprint density at radius 1 is 1.22 bits per heavy atom. The van der Waals surface area contributed by atoms with Gasteiger partial charge in [-0.25, -0.2) is 9.67 Å². The van der Waals surface area contributed by atoms with Gasteiger partial charge in [0, 0.05) is 11.6 Å². The number of rotatable bonds is 3. The molecule has 1 aromatic carbocycles. The molecule has 3 aromatic rings. The van der Waals surface area contributed by atoms with Crippen LogP contribution in [0.25, 0.3) is 16.6 Å². The lowest BCUT2D eigenvalue weighted by atomic mass is 10.2. The van der Waals surface area contributed by atoms with Crippen LogP contribution in [0.3, 0.4) is 0 Å². The lowest BCUT2D eigenvalue weighted by molar-refractivity contribution is 0.712. The summed E-state index contributed by atoms with van der Waals surface area (Å²) in [5, 5.41) is 8.45. The van der Waals surface area contributed by atoms with Gasteiger partial charge in [-0.2, -0.15) is 5.10 Å². The second kappa shape index (κ2) is 4.54. The summed E-state index contributed by atoms with van der Waals surface area (Å²) in [5.41, 5.74) is 1.94. The van der Waals surface area contributed by atoms with Crippen LogP contribution in [0, 0.1) is 0 Å². The number of nitrogens with zero attached hydrogens (tertiary/aromatic N) is 4. The molecule has 0 saturated heterocycles. The number of nitrogens with one attached hydrogen (secondary N) is 1. The Bertz CT molecular complexity index is 674. The van der Waals surface area contributed by atoms with Crippen molar-refractivity contribution in [2.75, 3.05) is 7.05 Å². The summed E-state index contributed by atoms with van der Waals surface area (Å²) >= 11 is 0. The molecule has 2 heterocycles. The molecule has 2 aromatic heterocycles. The van der Waals surface area contributed by atoms with Gasteiger partial charge in [0.25, 0.3) is 0 Å². The molecule has 0 aliphatic carbocycles. The Morgan fingerprint density at radius 2 is 2.17 bits per heavy atom. The number of aromatic nitrogens is 4. The van der Waals surface area contributed by atoms with Crippen LogP contribution in [0.4, 0.5) is 0 Å². The molecule has 0 radical (unpaired) electrons. The highest BCUT2D eigenvalue weighted by atomic mass is 15.3. The minimum absolute atomic E-state index is 0.681. The number of pyridine rings is 1. The van der Waals surface area contributed by atoms with Gasteiger partial charge in [-0.15, -0.1) is 0 Å². The van der Waals surface area contributed by atoms with E-state index in [0.717, 1.165) is 22.4 Å². The first-order chi connectivity index (χ1) is 8.88. The molecular weight excluding hydrogens is 226 g/mol. The van der Waals surface area contributed by atoms with Crippen LogP contribution in [-0.4, -0.2) is 26.8 Å². The van der Waals surface area contributed by atoms with Gasteiger partial charge in [0.2, 0.25) is 0 Å². The first-order valence-electron chi connectivity index (χ1n) is 5.77. The van der Waals surface area contributed by atoms with E-state index in [-0.39, 0.29) is 0 Å². The summed E-state index contributed by atoms with van der Waals surface area (Å²) in [6.45, 7) is 0.681. The first kappa shape index (κ1) is 10.9. The Labute approximate surface area is 104 Å². The van der Waals surface area contributed by atoms with Gasteiger partial charge in [-0.1, -0.05) is 12.1 Å². The van der Waals surface area contributed by atoms with Crippen LogP contribution in [0.15, 0.2) is 42.9 Å². The third kappa shape index (κ3) is 1.84. The zero-order valence-electron chi connectivity index (χ0n) is 10.0. The molecule has 90 valence electrons. The molecule has 3 rings (SSSR count). The van der Waals surface area contributed by atoms with Crippen LogP contribution in [0.1, 0.15) is 5.82 Å². The van der Waals surface area contributed by atoms with Crippen molar-refractivity contribution >= 4 is 10.9 Å². The largest absolute Gasteiger partial charge is 0.313 e. The molecule has 5 nitrogen and oxygen atoms in total. The third-order valence-corrected chi connectivity index (χ3v) is 2.79. The highest BCUT2D eigenvalue weighted by Crippen LogP contribution is 2.16. The topological polar surface area (TPSA) is 55.6 Å². The fourth-order valence-electron chi connectivity index (χ4n) is 1.95. The monoisotopic (exact) mass is 239 g/mol. The Balaban J connectivity index is 2.10. The minimum Gasteiger partial charge on any atom is -0.313 e. The van der Waals surface area contributed by atoms with E-state index in [9.17, 15) is 0 Å². The molecular formula is C13H13N5. The van der Waals surface area contributed by atoms with Gasteiger partial charge in [0.05, 0.1) is 17.7 Å². The summed E-state index contributed by atoms with van der Waals surface area (Å²) in [5.74, 6) is 0.882. The number of hydrogen-bond acceptors (Lipinski definition) is 4. The van der Waals surface area contributed by atoms with Crippen LogP contribution < -0.4 is 5.32 Å². The maximum atomic E-state index is 4.35. The molecule has 18 heavy (non-hydrogen) atoms. The summed E-state index contributed by atoms with van der Waals surface area (Å²) in [7, 11) is 1.89. The molecule has 0 unspecified atom stereocenters. The van der Waals surface area contributed by atoms with Gasteiger partial charge < -0.3 is 5.32 Å². The van der Waals surface area contributed by atoms with Crippen molar-refractivity contribution in [2.45, 2.75) is 6.54 Å². The molecule has 0 aliphatic heterocycles. The second-order valence-electron chi connectivity index (χ2n) is 4.00. The normalized spacial score (nSPS) is 10.9. The molecule has 0 bridgehead atoms. The Hall–Kier alpha value is -2.27. The minimum atomic E-state index is 0.681. The highest BCUT2D eigenvalue weighted by molar-refractivity contribution is 5.80. The fraction of sp³-hybridized carbons (Fsp3) is 0.154. The van der Waals surface area contributed by atoms with E-state index in [1.807, 2.05) is 42.1 Å². The van der Waals surface area contributed by atoms with Crippen molar-refractivity contribution < 1.29 is 0 Å². The van der Waals surface area contributed by atoms with Crippen molar-refractivity contribution in [3.05, 3.63) is 48.7 Å². The average molecular weight is 239 g/mol. The first-order valence-corrected chi connectivity index (χ1v) is 5.77. The molecule has 0 aliphatic rings. The number of benzene rings is 1. The van der Waals surface area contributed by atoms with Gasteiger partial charge in [0.1, 0.15) is 12.2 Å². The van der Waals surface area contributed by atoms with Crippen LogP contribution in [0.2, 0.25) is 0 Å². The molecule has 0 atom stereocenters. The highest BCUT2D eigenvalue weighted by Gasteiger charge is 2.06. The predicted octanol–water partition coefficient (Wildman–Crippen LogP) is 1.53. The van der Waals surface area contributed by atoms with E-state index >= 15 is 0 Å². The molecule has 0 amide bonds. The van der Waals surface area contributed by atoms with E-state index in [0.29, 0.717) is 6.54 Å². The van der Waals surface area contributed by atoms with Gasteiger partial charge in [-0.05, 0) is 25.2 Å². The van der Waals surface area contributed by atoms with Crippen molar-refractivity contribution in [2.24, 2.45) is 0 Å². The van der Waals surface area contributed by atoms with E-state index in [1.165, 1.54) is 0 Å². The molecule has 0 spiro atoms. The van der Waals surface area contributed by atoms with Crippen LogP contribution in [0.5, 0.6) is 0 Å². The summed E-state index contributed by atoms with van der Waals surface area (Å²) in [4.78, 5) is 8.58. The maximum Gasteiger partial charge on any atom is 0.146 e.